The first kappa shape index (κ1) is 19.6. The van der Waals surface area contributed by atoms with Gasteiger partial charge in [0, 0.05) is 18.3 Å². The van der Waals surface area contributed by atoms with Crippen molar-refractivity contribution in [3.05, 3.63) is 78.2 Å². The molecule has 2 amide bonds. The summed E-state index contributed by atoms with van der Waals surface area (Å²) >= 11 is 0. The van der Waals surface area contributed by atoms with Crippen molar-refractivity contribution in [2.24, 2.45) is 5.73 Å². The molecular formula is C20H16FN3O5. The Morgan fingerprint density at radius 3 is 2.52 bits per heavy atom. The van der Waals surface area contributed by atoms with E-state index in [0.717, 1.165) is 11.6 Å². The maximum atomic E-state index is 14.3. The van der Waals surface area contributed by atoms with E-state index < -0.39 is 18.0 Å². The summed E-state index contributed by atoms with van der Waals surface area (Å²) in [6.07, 6.45) is -0.470. The van der Waals surface area contributed by atoms with Gasteiger partial charge in [0.05, 0.1) is 5.69 Å². The number of ether oxygens (including phenoxy) is 3. The molecule has 0 bridgehead atoms. The molecule has 1 aromatic heterocycles. The van der Waals surface area contributed by atoms with Gasteiger partial charge >= 0.3 is 12.2 Å². The van der Waals surface area contributed by atoms with E-state index in [2.05, 4.69) is 15.0 Å². The number of nitrogens with one attached hydrogen (secondary N) is 1. The zero-order valence-corrected chi connectivity index (χ0v) is 15.0. The van der Waals surface area contributed by atoms with Crippen LogP contribution in [0.4, 0.5) is 19.7 Å². The van der Waals surface area contributed by atoms with E-state index >= 15 is 0 Å². The van der Waals surface area contributed by atoms with Crippen molar-refractivity contribution in [1.29, 1.82) is 0 Å². The van der Waals surface area contributed by atoms with Gasteiger partial charge in [-0.05, 0) is 23.8 Å². The molecule has 9 heteroatoms. The standard InChI is InChI=1S/C20H16FN3O5/c21-16-10-14(28-15-8-9-23-18(11-15)29-19(22)25)6-7-17(16)24-20(26)27-12-13-4-2-1-3-5-13/h1-11H,12H2,(H2,22,25)(H,24,26). The summed E-state index contributed by atoms with van der Waals surface area (Å²) in [4.78, 5) is 26.4. The van der Waals surface area contributed by atoms with Gasteiger partial charge in [0.2, 0.25) is 5.88 Å². The van der Waals surface area contributed by atoms with Crippen LogP contribution in [0.15, 0.2) is 66.9 Å². The van der Waals surface area contributed by atoms with E-state index in [9.17, 15) is 14.0 Å². The summed E-state index contributed by atoms with van der Waals surface area (Å²) in [5.74, 6) is -0.377. The monoisotopic (exact) mass is 397 g/mol. The number of benzene rings is 2. The summed E-state index contributed by atoms with van der Waals surface area (Å²) in [5.41, 5.74) is 5.66. The first-order valence-electron chi connectivity index (χ1n) is 8.38. The van der Waals surface area contributed by atoms with Gasteiger partial charge in [-0.2, -0.15) is 0 Å². The smallest absolute Gasteiger partial charge is 0.412 e. The van der Waals surface area contributed by atoms with E-state index in [1.807, 2.05) is 18.2 Å². The Bertz CT molecular complexity index is 1010. The van der Waals surface area contributed by atoms with Gasteiger partial charge in [0.25, 0.3) is 0 Å². The molecule has 2 aromatic carbocycles. The van der Waals surface area contributed by atoms with Crippen LogP contribution in [0.3, 0.4) is 0 Å². The third-order valence-corrected chi connectivity index (χ3v) is 3.54. The molecule has 0 atom stereocenters. The molecule has 1 heterocycles. The van der Waals surface area contributed by atoms with Crippen LogP contribution in [0, 0.1) is 5.82 Å². The summed E-state index contributed by atoms with van der Waals surface area (Å²) in [6.45, 7) is 0.0627. The highest BCUT2D eigenvalue weighted by atomic mass is 19.1. The van der Waals surface area contributed by atoms with Crippen LogP contribution in [-0.2, 0) is 11.3 Å². The minimum absolute atomic E-state index is 0.0603. The number of pyridine rings is 1. The Morgan fingerprint density at radius 1 is 1.03 bits per heavy atom. The molecule has 0 saturated carbocycles. The van der Waals surface area contributed by atoms with E-state index in [4.69, 9.17) is 15.2 Å². The van der Waals surface area contributed by atoms with E-state index in [1.165, 1.54) is 30.5 Å². The quantitative estimate of drug-likeness (QED) is 0.644. The third-order valence-electron chi connectivity index (χ3n) is 3.54. The van der Waals surface area contributed by atoms with Crippen molar-refractivity contribution < 1.29 is 28.2 Å². The topological polar surface area (TPSA) is 113 Å². The van der Waals surface area contributed by atoms with Crippen LogP contribution in [0.1, 0.15) is 5.56 Å². The maximum absolute atomic E-state index is 14.3. The predicted molar refractivity (Wildman–Crippen MR) is 101 cm³/mol. The Morgan fingerprint density at radius 2 is 1.79 bits per heavy atom. The maximum Gasteiger partial charge on any atom is 0.412 e. The highest BCUT2D eigenvalue weighted by Gasteiger charge is 2.11. The number of carbonyl (C=O) groups is 2. The number of nitrogens with two attached hydrogens (primary N) is 1. The Balaban J connectivity index is 1.60. The fraction of sp³-hybridized carbons (Fsp3) is 0.0500. The molecule has 0 aliphatic heterocycles. The van der Waals surface area contributed by atoms with Gasteiger partial charge < -0.3 is 19.9 Å². The largest absolute Gasteiger partial charge is 0.457 e. The average Bonchev–Trinajstić information content (AvgIpc) is 2.69. The molecule has 3 aromatic rings. The lowest BCUT2D eigenvalue weighted by Crippen LogP contribution is -2.16. The number of primary amides is 1. The van der Waals surface area contributed by atoms with E-state index in [-0.39, 0.29) is 29.7 Å². The predicted octanol–water partition coefficient (Wildman–Crippen LogP) is 4.22. The minimum Gasteiger partial charge on any atom is -0.457 e. The van der Waals surface area contributed by atoms with Gasteiger partial charge in [-0.25, -0.2) is 19.0 Å². The van der Waals surface area contributed by atoms with Crippen LogP contribution >= 0.6 is 0 Å². The number of nitrogens with zero attached hydrogens (tertiary/aromatic N) is 1. The van der Waals surface area contributed by atoms with Gasteiger partial charge in [0.1, 0.15) is 18.1 Å². The molecule has 0 radical (unpaired) electrons. The molecule has 29 heavy (non-hydrogen) atoms. The first-order valence-corrected chi connectivity index (χ1v) is 8.38. The molecule has 0 unspecified atom stereocenters. The molecule has 3 N–H and O–H groups in total. The number of anilines is 1. The minimum atomic E-state index is -1.02. The Labute approximate surface area is 165 Å². The third kappa shape index (κ3) is 5.93. The Hall–Kier alpha value is -4.14. The summed E-state index contributed by atoms with van der Waals surface area (Å²) in [6, 6.07) is 15.8. The fourth-order valence-corrected chi connectivity index (χ4v) is 2.28. The van der Waals surface area contributed by atoms with E-state index in [1.54, 1.807) is 12.1 Å². The number of amides is 2. The van der Waals surface area contributed by atoms with Crippen LogP contribution in [-0.4, -0.2) is 17.2 Å². The molecule has 0 aliphatic carbocycles. The number of rotatable bonds is 6. The molecule has 148 valence electrons. The van der Waals surface area contributed by atoms with Crippen molar-refractivity contribution in [2.45, 2.75) is 6.61 Å². The lowest BCUT2D eigenvalue weighted by atomic mass is 10.2. The number of halogens is 1. The van der Waals surface area contributed by atoms with Gasteiger partial charge in [-0.1, -0.05) is 30.3 Å². The molecule has 0 aliphatic rings. The summed E-state index contributed by atoms with van der Waals surface area (Å²) < 4.78 is 29.5. The molecule has 8 nitrogen and oxygen atoms in total. The summed E-state index contributed by atoms with van der Waals surface area (Å²) in [5, 5.41) is 2.33. The lowest BCUT2D eigenvalue weighted by molar-refractivity contribution is 0.155. The Kier molecular flexibility index (Phi) is 6.21. The molecule has 0 saturated heterocycles. The van der Waals surface area contributed by atoms with Crippen molar-refractivity contribution in [2.75, 3.05) is 5.32 Å². The van der Waals surface area contributed by atoms with Gasteiger partial charge in [-0.15, -0.1) is 0 Å². The van der Waals surface area contributed by atoms with Crippen LogP contribution in [0.5, 0.6) is 17.4 Å². The van der Waals surface area contributed by atoms with Crippen molar-refractivity contribution in [3.63, 3.8) is 0 Å². The zero-order valence-electron chi connectivity index (χ0n) is 15.0. The van der Waals surface area contributed by atoms with Crippen molar-refractivity contribution in [3.8, 4) is 17.4 Å². The second kappa shape index (κ2) is 9.18. The molecular weight excluding hydrogens is 381 g/mol. The van der Waals surface area contributed by atoms with E-state index in [0.29, 0.717) is 0 Å². The van der Waals surface area contributed by atoms with Crippen molar-refractivity contribution in [1.82, 2.24) is 4.98 Å². The van der Waals surface area contributed by atoms with Crippen LogP contribution < -0.4 is 20.5 Å². The number of hydrogen-bond acceptors (Lipinski definition) is 6. The average molecular weight is 397 g/mol. The SMILES string of the molecule is NC(=O)Oc1cc(Oc2ccc(NC(=O)OCc3ccccc3)c(F)c2)ccn1. The van der Waals surface area contributed by atoms with Gasteiger partial charge in [-0.3, -0.25) is 5.32 Å². The molecule has 3 rings (SSSR count). The highest BCUT2D eigenvalue weighted by Crippen LogP contribution is 2.27. The normalized spacial score (nSPS) is 10.1. The van der Waals surface area contributed by atoms with Crippen molar-refractivity contribution >= 4 is 17.9 Å². The summed E-state index contributed by atoms with van der Waals surface area (Å²) in [7, 11) is 0. The number of carbonyl (C=O) groups excluding carboxylic acids is 2. The molecule has 0 fully saturated rings. The fourth-order valence-electron chi connectivity index (χ4n) is 2.28. The van der Waals surface area contributed by atoms with Gasteiger partial charge in [0.15, 0.2) is 5.82 Å². The van der Waals surface area contributed by atoms with Crippen LogP contribution in [0.25, 0.3) is 0 Å². The number of aromatic nitrogens is 1. The number of hydrogen-bond donors (Lipinski definition) is 2. The first-order chi connectivity index (χ1) is 14.0. The molecule has 0 spiro atoms. The lowest BCUT2D eigenvalue weighted by Gasteiger charge is -2.10. The van der Waals surface area contributed by atoms with Crippen LogP contribution in [0.2, 0.25) is 0 Å². The zero-order chi connectivity index (χ0) is 20.6. The second-order valence-corrected chi connectivity index (χ2v) is 5.68. The highest BCUT2D eigenvalue weighted by molar-refractivity contribution is 5.84. The second-order valence-electron chi connectivity index (χ2n) is 5.68.